The van der Waals surface area contributed by atoms with Crippen LogP contribution in [0.3, 0.4) is 0 Å². The summed E-state index contributed by atoms with van der Waals surface area (Å²) in [6.45, 7) is 4.01. The molecule has 5 heteroatoms. The van der Waals surface area contributed by atoms with E-state index in [4.69, 9.17) is 0 Å². The van der Waals surface area contributed by atoms with Gasteiger partial charge < -0.3 is 10.2 Å². The molecule has 0 spiro atoms. The van der Waals surface area contributed by atoms with Crippen molar-refractivity contribution in [2.24, 2.45) is 13.0 Å². The number of piperidine rings is 1. The molecule has 1 aromatic rings. The third kappa shape index (κ3) is 3.39. The second-order valence-electron chi connectivity index (χ2n) is 5.75. The summed E-state index contributed by atoms with van der Waals surface area (Å²) in [5, 5.41) is 7.29. The fourth-order valence-corrected chi connectivity index (χ4v) is 3.11. The molecule has 0 aliphatic carbocycles. The van der Waals surface area contributed by atoms with Crippen molar-refractivity contribution in [2.45, 2.75) is 38.6 Å². The molecule has 5 nitrogen and oxygen atoms in total. The first-order chi connectivity index (χ1) is 9.65. The topological polar surface area (TPSA) is 50.2 Å². The first-order valence-corrected chi connectivity index (χ1v) is 7.60. The normalized spacial score (nSPS) is 20.9. The Bertz CT molecular complexity index is 441. The molecule has 1 saturated heterocycles. The van der Waals surface area contributed by atoms with E-state index in [9.17, 15) is 4.79 Å². The van der Waals surface area contributed by atoms with E-state index in [0.717, 1.165) is 25.1 Å². The van der Waals surface area contributed by atoms with Crippen molar-refractivity contribution in [2.75, 3.05) is 20.1 Å². The molecule has 2 atom stereocenters. The Morgan fingerprint density at radius 1 is 1.60 bits per heavy atom. The highest BCUT2D eigenvalue weighted by molar-refractivity contribution is 5.83. The number of likely N-dealkylation sites (N-methyl/N-ethyl adjacent to an activating group) is 1. The van der Waals surface area contributed by atoms with Crippen LogP contribution in [0.5, 0.6) is 0 Å². The number of hydrogen-bond donors (Lipinski definition) is 1. The zero-order valence-electron chi connectivity index (χ0n) is 12.8. The first kappa shape index (κ1) is 15.0. The van der Waals surface area contributed by atoms with Crippen LogP contribution >= 0.6 is 0 Å². The van der Waals surface area contributed by atoms with Gasteiger partial charge in [-0.2, -0.15) is 5.10 Å². The van der Waals surface area contributed by atoms with Gasteiger partial charge in [-0.1, -0.05) is 13.3 Å². The third-order valence-electron chi connectivity index (χ3n) is 4.12. The Morgan fingerprint density at radius 2 is 2.40 bits per heavy atom. The van der Waals surface area contributed by atoms with Gasteiger partial charge in [0.05, 0.1) is 6.20 Å². The maximum Gasteiger partial charge on any atom is 0.244 e. The Labute approximate surface area is 121 Å². The van der Waals surface area contributed by atoms with E-state index in [1.165, 1.54) is 19.3 Å². The average molecular weight is 278 g/mol. The van der Waals surface area contributed by atoms with Crippen LogP contribution in [0.1, 0.15) is 44.2 Å². The predicted molar refractivity (Wildman–Crippen MR) is 79.2 cm³/mol. The van der Waals surface area contributed by atoms with Gasteiger partial charge in [-0.3, -0.25) is 9.48 Å². The summed E-state index contributed by atoms with van der Waals surface area (Å²) < 4.78 is 1.74. The van der Waals surface area contributed by atoms with E-state index >= 15 is 0 Å². The molecule has 1 aliphatic rings. The molecule has 2 unspecified atom stereocenters. The monoisotopic (exact) mass is 278 g/mol. The number of aromatic nitrogens is 2. The number of carbonyl (C=O) groups excluding carboxylic acids is 1. The number of nitrogens with one attached hydrogen (secondary N) is 1. The van der Waals surface area contributed by atoms with E-state index in [0.29, 0.717) is 5.92 Å². The van der Waals surface area contributed by atoms with Gasteiger partial charge in [-0.25, -0.2) is 0 Å². The van der Waals surface area contributed by atoms with E-state index in [1.54, 1.807) is 10.9 Å². The largest absolute Gasteiger partial charge is 0.341 e. The van der Waals surface area contributed by atoms with Gasteiger partial charge in [-0.15, -0.1) is 0 Å². The Balaban J connectivity index is 2.04. The molecule has 0 bridgehead atoms. The first-order valence-electron chi connectivity index (χ1n) is 7.60. The van der Waals surface area contributed by atoms with Crippen molar-refractivity contribution < 1.29 is 4.79 Å². The van der Waals surface area contributed by atoms with E-state index in [1.807, 2.05) is 25.2 Å². The van der Waals surface area contributed by atoms with Gasteiger partial charge in [0.15, 0.2) is 0 Å². The summed E-state index contributed by atoms with van der Waals surface area (Å²) in [5.41, 5.74) is 0.942. The highest BCUT2D eigenvalue weighted by Gasteiger charge is 2.29. The van der Waals surface area contributed by atoms with E-state index in [-0.39, 0.29) is 11.9 Å². The second kappa shape index (κ2) is 6.88. The number of carbonyl (C=O) groups is 1. The summed E-state index contributed by atoms with van der Waals surface area (Å²) in [5.74, 6) is 0.852. The summed E-state index contributed by atoms with van der Waals surface area (Å²) in [7, 11) is 3.71. The molecular formula is C15H26N4O. The molecule has 1 aromatic heterocycles. The lowest BCUT2D eigenvalue weighted by molar-refractivity contribution is -0.135. The summed E-state index contributed by atoms with van der Waals surface area (Å²) in [4.78, 5) is 14.7. The van der Waals surface area contributed by atoms with Crippen LogP contribution in [0.25, 0.3) is 0 Å². The van der Waals surface area contributed by atoms with Gasteiger partial charge in [0.1, 0.15) is 6.04 Å². The fourth-order valence-electron chi connectivity index (χ4n) is 3.11. The molecule has 1 N–H and O–H groups in total. The van der Waals surface area contributed by atoms with Crippen molar-refractivity contribution in [3.63, 3.8) is 0 Å². The van der Waals surface area contributed by atoms with Crippen LogP contribution < -0.4 is 5.32 Å². The van der Waals surface area contributed by atoms with Crippen molar-refractivity contribution in [1.82, 2.24) is 20.0 Å². The molecule has 1 fully saturated rings. The zero-order valence-corrected chi connectivity index (χ0v) is 12.8. The molecule has 20 heavy (non-hydrogen) atoms. The lowest BCUT2D eigenvalue weighted by Gasteiger charge is -2.34. The Kier molecular flexibility index (Phi) is 5.17. The zero-order chi connectivity index (χ0) is 14.5. The van der Waals surface area contributed by atoms with Gasteiger partial charge in [0, 0.05) is 31.9 Å². The molecule has 0 radical (unpaired) electrons. The van der Waals surface area contributed by atoms with Crippen LogP contribution in [0.4, 0.5) is 0 Å². The maximum atomic E-state index is 12.7. The number of nitrogens with zero attached hydrogens (tertiary/aromatic N) is 3. The highest BCUT2D eigenvalue weighted by Crippen LogP contribution is 2.24. The standard InChI is InChI=1S/C15H26N4O/c1-4-6-12-7-5-8-19(10-12)15(20)14(16-2)13-9-17-18(3)11-13/h9,11-12,14,16H,4-8,10H2,1-3H3. The highest BCUT2D eigenvalue weighted by atomic mass is 16.2. The van der Waals surface area contributed by atoms with Crippen molar-refractivity contribution in [3.05, 3.63) is 18.0 Å². The van der Waals surface area contributed by atoms with Gasteiger partial charge in [0.2, 0.25) is 5.91 Å². The summed E-state index contributed by atoms with van der Waals surface area (Å²) >= 11 is 0. The minimum atomic E-state index is -0.274. The molecule has 2 heterocycles. The third-order valence-corrected chi connectivity index (χ3v) is 4.12. The molecule has 2 rings (SSSR count). The van der Waals surface area contributed by atoms with Gasteiger partial charge >= 0.3 is 0 Å². The number of amides is 1. The number of likely N-dealkylation sites (tertiary alicyclic amines) is 1. The molecule has 112 valence electrons. The lowest BCUT2D eigenvalue weighted by atomic mass is 9.93. The molecule has 0 aromatic carbocycles. The molecule has 1 amide bonds. The van der Waals surface area contributed by atoms with Gasteiger partial charge in [-0.05, 0) is 32.2 Å². The van der Waals surface area contributed by atoms with Crippen LogP contribution in [-0.4, -0.2) is 40.7 Å². The minimum absolute atomic E-state index is 0.182. The lowest BCUT2D eigenvalue weighted by Crippen LogP contribution is -2.45. The van der Waals surface area contributed by atoms with Crippen molar-refractivity contribution >= 4 is 5.91 Å². The fraction of sp³-hybridized carbons (Fsp3) is 0.733. The van der Waals surface area contributed by atoms with Crippen molar-refractivity contribution in [3.8, 4) is 0 Å². The van der Waals surface area contributed by atoms with Crippen LogP contribution in [0.15, 0.2) is 12.4 Å². The smallest absolute Gasteiger partial charge is 0.244 e. The SMILES string of the molecule is CCCC1CCCN(C(=O)C(NC)c2cnn(C)c2)C1. The summed E-state index contributed by atoms with van der Waals surface area (Å²) in [6, 6.07) is -0.274. The van der Waals surface area contributed by atoms with Crippen molar-refractivity contribution in [1.29, 1.82) is 0 Å². The minimum Gasteiger partial charge on any atom is -0.341 e. The predicted octanol–water partition coefficient (Wildman–Crippen LogP) is 1.72. The Hall–Kier alpha value is -1.36. The average Bonchev–Trinajstić information content (AvgIpc) is 2.87. The van der Waals surface area contributed by atoms with E-state index < -0.39 is 0 Å². The van der Waals surface area contributed by atoms with Gasteiger partial charge in [0.25, 0.3) is 0 Å². The van der Waals surface area contributed by atoms with Crippen LogP contribution in [0.2, 0.25) is 0 Å². The van der Waals surface area contributed by atoms with Crippen LogP contribution in [0, 0.1) is 5.92 Å². The molecular weight excluding hydrogens is 252 g/mol. The van der Waals surface area contributed by atoms with E-state index in [2.05, 4.69) is 17.3 Å². The molecule has 1 aliphatic heterocycles. The summed E-state index contributed by atoms with van der Waals surface area (Å²) in [6.07, 6.45) is 8.49. The second-order valence-corrected chi connectivity index (χ2v) is 5.75. The maximum absolute atomic E-state index is 12.7. The number of aryl methyl sites for hydroxylation is 1. The Morgan fingerprint density at radius 3 is 3.00 bits per heavy atom. The number of hydrogen-bond acceptors (Lipinski definition) is 3. The number of rotatable bonds is 5. The molecule has 0 saturated carbocycles. The quantitative estimate of drug-likeness (QED) is 0.892. The van der Waals surface area contributed by atoms with Crippen LogP contribution in [-0.2, 0) is 11.8 Å².